The number of benzene rings is 1. The van der Waals surface area contributed by atoms with Gasteiger partial charge in [0.15, 0.2) is 17.3 Å². The topological polar surface area (TPSA) is 154 Å². The number of fused-ring (bicyclic) bond motifs is 3. The van der Waals surface area contributed by atoms with Crippen LogP contribution in [0.5, 0.6) is 5.75 Å². The highest BCUT2D eigenvalue weighted by Crippen LogP contribution is 2.43. The molecule has 18 heteroatoms. The lowest BCUT2D eigenvalue weighted by Gasteiger charge is -2.36. The third-order valence-electron chi connectivity index (χ3n) is 10.6. The summed E-state index contributed by atoms with van der Waals surface area (Å²) >= 11 is 6.22. The van der Waals surface area contributed by atoms with E-state index in [0.29, 0.717) is 29.7 Å². The highest BCUT2D eigenvalue weighted by molar-refractivity contribution is 6.33. The summed E-state index contributed by atoms with van der Waals surface area (Å²) in [5.41, 5.74) is 0.644. The first-order valence-corrected chi connectivity index (χ1v) is 17.9. The Balaban J connectivity index is 1.16. The zero-order valence-corrected chi connectivity index (χ0v) is 29.7. The Morgan fingerprint density at radius 3 is 2.49 bits per heavy atom. The molecule has 2 fully saturated rings. The smallest absolute Gasteiger partial charge is 0.416 e. The van der Waals surface area contributed by atoms with Crippen molar-refractivity contribution in [1.29, 1.82) is 0 Å². The van der Waals surface area contributed by atoms with E-state index in [1.165, 1.54) is 23.7 Å². The number of aromatic hydroxyl groups is 1. The van der Waals surface area contributed by atoms with Gasteiger partial charge in [-0.1, -0.05) is 24.6 Å². The second-order valence-corrected chi connectivity index (χ2v) is 14.4. The third kappa shape index (κ3) is 6.28. The number of anilines is 2. The van der Waals surface area contributed by atoms with Gasteiger partial charge in [0.1, 0.15) is 18.1 Å². The molecule has 3 aromatic heterocycles. The monoisotopic (exact) mass is 752 g/mol. The van der Waals surface area contributed by atoms with Crippen molar-refractivity contribution in [3.63, 3.8) is 0 Å². The number of nitrogens with one attached hydrogen (secondary N) is 1. The average molecular weight is 753 g/mol. The highest BCUT2D eigenvalue weighted by atomic mass is 35.5. The van der Waals surface area contributed by atoms with Crippen molar-refractivity contribution in [2.24, 2.45) is 0 Å². The molecule has 0 spiro atoms. The van der Waals surface area contributed by atoms with Crippen LogP contribution in [0.2, 0.25) is 5.02 Å². The molecular formula is C35H36ClF3N10O4. The first kappa shape index (κ1) is 35.0. The van der Waals surface area contributed by atoms with Gasteiger partial charge in [-0.25, -0.2) is 9.97 Å². The Bertz CT molecular complexity index is 2240. The number of nitrogens with zero attached hydrogens (tertiary/aromatic N) is 9. The normalized spacial score (nSPS) is 20.8. The maximum Gasteiger partial charge on any atom is 0.416 e. The van der Waals surface area contributed by atoms with Crippen LogP contribution in [-0.4, -0.2) is 101 Å². The zero-order chi connectivity index (χ0) is 37.3. The lowest BCUT2D eigenvalue weighted by atomic mass is 10.0. The number of hydrogen-bond donors (Lipinski definition) is 2. The van der Waals surface area contributed by atoms with E-state index < -0.39 is 35.2 Å². The van der Waals surface area contributed by atoms with E-state index in [9.17, 15) is 32.7 Å². The molecule has 2 N–H and O–H groups in total. The van der Waals surface area contributed by atoms with Gasteiger partial charge in [0.2, 0.25) is 11.7 Å². The average Bonchev–Trinajstić information content (AvgIpc) is 3.80. The summed E-state index contributed by atoms with van der Waals surface area (Å²) in [6, 6.07) is 2.43. The molecule has 0 bridgehead atoms. The van der Waals surface area contributed by atoms with E-state index >= 15 is 0 Å². The maximum atomic E-state index is 14.5. The van der Waals surface area contributed by atoms with Crippen molar-refractivity contribution in [2.45, 2.75) is 63.7 Å². The Labute approximate surface area is 305 Å². The molecule has 1 aliphatic carbocycles. The minimum absolute atomic E-state index is 0.0171. The van der Waals surface area contributed by atoms with E-state index in [-0.39, 0.29) is 72.1 Å². The van der Waals surface area contributed by atoms with E-state index in [4.69, 9.17) is 21.7 Å². The molecule has 4 aliphatic rings. The van der Waals surface area contributed by atoms with Gasteiger partial charge in [0, 0.05) is 51.2 Å². The van der Waals surface area contributed by atoms with Crippen molar-refractivity contribution < 1.29 is 27.9 Å². The summed E-state index contributed by atoms with van der Waals surface area (Å²) in [5.74, 6) is -1.02. The third-order valence-corrected chi connectivity index (χ3v) is 10.9. The van der Waals surface area contributed by atoms with Crippen molar-refractivity contribution >= 4 is 46.1 Å². The molecule has 0 unspecified atom stereocenters. The fourth-order valence-electron chi connectivity index (χ4n) is 7.59. The molecule has 14 nitrogen and oxygen atoms in total. The van der Waals surface area contributed by atoms with Crippen LogP contribution >= 0.6 is 11.6 Å². The maximum absolute atomic E-state index is 14.5. The number of carbonyl (C=O) groups is 2. The van der Waals surface area contributed by atoms with E-state index in [2.05, 4.69) is 26.3 Å². The largest absolute Gasteiger partial charge is 0.504 e. The summed E-state index contributed by atoms with van der Waals surface area (Å²) in [7, 11) is 0. The SMILES string of the molecule is Cc1ncnc(C(=O)N2CCN(c3c4n(c5nc(C6=CCN(C7CC7)CC6)nn5c3=O)[C@@H](C(=O)Nc3ccc(C(F)(F)F)cc3Cl)C[C@H]4C)CC2)c1O. The minimum atomic E-state index is -4.61. The number of aromatic nitrogens is 6. The van der Waals surface area contributed by atoms with Crippen molar-refractivity contribution in [3.8, 4) is 5.75 Å². The molecule has 2 amide bonds. The number of rotatable bonds is 6. The molecule has 8 rings (SSSR count). The summed E-state index contributed by atoms with van der Waals surface area (Å²) in [5, 5.41) is 17.6. The summed E-state index contributed by atoms with van der Waals surface area (Å²) in [4.78, 5) is 60.4. The Hall–Kier alpha value is -5.03. The fourth-order valence-corrected chi connectivity index (χ4v) is 7.82. The van der Waals surface area contributed by atoms with Gasteiger partial charge in [-0.15, -0.1) is 5.10 Å². The fraction of sp³-hybridized carbons (Fsp3) is 0.457. The van der Waals surface area contributed by atoms with E-state index in [0.717, 1.165) is 36.9 Å². The Morgan fingerprint density at radius 2 is 1.83 bits per heavy atom. The van der Waals surface area contributed by atoms with E-state index in [1.807, 2.05) is 11.8 Å². The first-order chi connectivity index (χ1) is 25.3. The number of carbonyl (C=O) groups excluding carboxylic acids is 2. The van der Waals surface area contributed by atoms with Crippen LogP contribution in [0.1, 0.15) is 77.8 Å². The van der Waals surface area contributed by atoms with Gasteiger partial charge >= 0.3 is 6.18 Å². The molecule has 0 radical (unpaired) electrons. The molecule has 2 atom stereocenters. The molecule has 1 saturated heterocycles. The minimum Gasteiger partial charge on any atom is -0.504 e. The molecular weight excluding hydrogens is 717 g/mol. The Morgan fingerprint density at radius 1 is 1.08 bits per heavy atom. The second kappa shape index (κ2) is 13.1. The van der Waals surface area contributed by atoms with Crippen LogP contribution in [0.4, 0.5) is 24.5 Å². The van der Waals surface area contributed by atoms with Crippen LogP contribution in [0.3, 0.4) is 0 Å². The summed E-state index contributed by atoms with van der Waals surface area (Å²) in [6.45, 7) is 6.03. The molecule has 53 heavy (non-hydrogen) atoms. The summed E-state index contributed by atoms with van der Waals surface area (Å²) < 4.78 is 42.9. The highest BCUT2D eigenvalue weighted by Gasteiger charge is 2.41. The number of aryl methyl sites for hydroxylation is 1. The van der Waals surface area contributed by atoms with E-state index in [1.54, 1.807) is 16.4 Å². The van der Waals surface area contributed by atoms with Crippen LogP contribution in [0, 0.1) is 6.92 Å². The molecule has 1 saturated carbocycles. The molecule has 4 aromatic rings. The van der Waals surface area contributed by atoms with Crippen LogP contribution in [-0.2, 0) is 11.0 Å². The Kier molecular flexibility index (Phi) is 8.67. The van der Waals surface area contributed by atoms with Gasteiger partial charge in [0.05, 0.1) is 27.7 Å². The molecule has 3 aliphatic heterocycles. The number of alkyl halides is 3. The molecule has 1 aromatic carbocycles. The number of hydrogen-bond acceptors (Lipinski definition) is 10. The van der Waals surface area contributed by atoms with Gasteiger partial charge in [0.25, 0.3) is 11.5 Å². The van der Waals surface area contributed by atoms with Gasteiger partial charge in [-0.3, -0.25) is 23.9 Å². The number of halogens is 4. The van der Waals surface area contributed by atoms with Gasteiger partial charge < -0.3 is 20.2 Å². The lowest BCUT2D eigenvalue weighted by Crippen LogP contribution is -2.51. The number of piperazine rings is 1. The molecule has 278 valence electrons. The van der Waals surface area contributed by atoms with Crippen molar-refractivity contribution in [1.82, 2.24) is 38.9 Å². The second-order valence-electron chi connectivity index (χ2n) is 14.0. The predicted octanol–water partition coefficient (Wildman–Crippen LogP) is 4.27. The zero-order valence-electron chi connectivity index (χ0n) is 28.9. The first-order valence-electron chi connectivity index (χ1n) is 17.5. The van der Waals surface area contributed by atoms with Crippen molar-refractivity contribution in [3.05, 3.63) is 74.4 Å². The van der Waals surface area contributed by atoms with Gasteiger partial charge in [-0.2, -0.15) is 22.7 Å². The number of amides is 2. The van der Waals surface area contributed by atoms with Crippen LogP contribution in [0.25, 0.3) is 11.4 Å². The quantitative estimate of drug-likeness (QED) is 0.292. The molecule has 6 heterocycles. The lowest BCUT2D eigenvalue weighted by molar-refractivity contribution is -0.137. The summed E-state index contributed by atoms with van der Waals surface area (Å²) in [6.07, 6.45) is 2.03. The van der Waals surface area contributed by atoms with Crippen LogP contribution in [0.15, 0.2) is 35.4 Å². The van der Waals surface area contributed by atoms with Crippen molar-refractivity contribution in [2.75, 3.05) is 49.5 Å². The standard InChI is InChI=1S/C35H36ClF3N10O4/c1-18-15-25(31(51)42-24-6-3-21(16-23(24)36)35(37,38)39)48-27(18)28(46-11-13-47(14-12-46)32(52)26-29(50)19(2)40-17-41-26)33(53)49-34(48)43-30(44-49)20-7-9-45(10-8-20)22-4-5-22/h3,6-7,16-18,22,25,50H,4-5,8-15H2,1-2H3,(H,42,51)/t18-,25-/m1/s1. The van der Waals surface area contributed by atoms with Crippen LogP contribution < -0.4 is 15.8 Å². The predicted molar refractivity (Wildman–Crippen MR) is 188 cm³/mol. The van der Waals surface area contributed by atoms with Gasteiger partial charge in [-0.05, 0) is 56.4 Å².